The molecule has 49 heavy (non-hydrogen) atoms. The van der Waals surface area contributed by atoms with Crippen molar-refractivity contribution >= 4 is 23.2 Å². The molecule has 3 aromatic rings. The van der Waals surface area contributed by atoms with Crippen LogP contribution < -0.4 is 20.7 Å². The second-order valence-corrected chi connectivity index (χ2v) is 15.0. The first-order valence-electron chi connectivity index (χ1n) is 17.9. The molecule has 4 heterocycles. The fourth-order valence-corrected chi connectivity index (χ4v) is 8.34. The number of pyridine rings is 1. The molecule has 1 atom stereocenters. The molecule has 2 fully saturated rings. The summed E-state index contributed by atoms with van der Waals surface area (Å²) in [6.07, 6.45) is 3.12. The zero-order valence-corrected chi connectivity index (χ0v) is 30.4. The average molecular weight is 669 g/mol. The predicted molar refractivity (Wildman–Crippen MR) is 195 cm³/mol. The van der Waals surface area contributed by atoms with E-state index in [1.54, 1.807) is 0 Å². The highest BCUT2D eigenvalue weighted by Crippen LogP contribution is 2.50. The molecule has 9 heteroatoms. The van der Waals surface area contributed by atoms with Crippen molar-refractivity contribution in [3.63, 3.8) is 0 Å². The number of H-pyrrole nitrogens is 1. The van der Waals surface area contributed by atoms with E-state index in [9.17, 15) is 14.4 Å². The third kappa shape index (κ3) is 6.43. The number of rotatable bonds is 8. The van der Waals surface area contributed by atoms with Gasteiger partial charge in [0.1, 0.15) is 0 Å². The summed E-state index contributed by atoms with van der Waals surface area (Å²) in [5.74, 6) is -0.0760. The average Bonchev–Trinajstić information content (AvgIpc) is 3.27. The number of aryl methyl sites for hydroxylation is 2. The maximum absolute atomic E-state index is 14.1. The number of nitrogens with zero attached hydrogens (tertiary/aromatic N) is 2. The molecule has 0 saturated carbocycles. The standard InChI is InChI=1S/C40H52N4O5/c1-9-43(30-12-15-49-39(7,8)22-30)34-21-29(19-31(27(34)6)36(45)41-23-32-25(4)18-26(5)42-37(32)46)28-10-11-33-35(20-28)44(24(2)3)38(47)40(33)13-16-48-17-14-40/h10-11,18-21,24,30H,9,12-17,22-23H2,1-8H3,(H,41,45)(H,42,46). The number of anilines is 2. The summed E-state index contributed by atoms with van der Waals surface area (Å²) in [5, 5.41) is 3.06. The Bertz CT molecular complexity index is 1820. The van der Waals surface area contributed by atoms with Crippen LogP contribution in [0.5, 0.6) is 0 Å². The number of amides is 2. The van der Waals surface area contributed by atoms with Crippen LogP contribution in [0, 0.1) is 20.8 Å². The van der Waals surface area contributed by atoms with Gasteiger partial charge in [-0.3, -0.25) is 14.4 Å². The zero-order chi connectivity index (χ0) is 35.2. The lowest BCUT2D eigenvalue weighted by molar-refractivity contribution is -0.126. The van der Waals surface area contributed by atoms with Crippen LogP contribution in [-0.2, 0) is 26.2 Å². The van der Waals surface area contributed by atoms with Gasteiger partial charge in [-0.05, 0) is 133 Å². The van der Waals surface area contributed by atoms with Gasteiger partial charge in [-0.1, -0.05) is 12.1 Å². The van der Waals surface area contributed by atoms with Crippen molar-refractivity contribution in [2.75, 3.05) is 36.2 Å². The molecule has 1 unspecified atom stereocenters. The smallest absolute Gasteiger partial charge is 0.253 e. The van der Waals surface area contributed by atoms with Gasteiger partial charge < -0.3 is 29.6 Å². The topological polar surface area (TPSA) is 104 Å². The van der Waals surface area contributed by atoms with Crippen molar-refractivity contribution in [3.8, 4) is 11.1 Å². The number of ether oxygens (including phenoxy) is 2. The molecular weight excluding hydrogens is 616 g/mol. The summed E-state index contributed by atoms with van der Waals surface area (Å²) in [6, 6.07) is 12.7. The van der Waals surface area contributed by atoms with E-state index in [1.807, 2.05) is 37.8 Å². The minimum absolute atomic E-state index is 0.000485. The summed E-state index contributed by atoms with van der Waals surface area (Å²) in [4.78, 5) is 48.2. The SMILES string of the molecule is CCN(c1cc(-c2ccc3c(c2)N(C(C)C)C(=O)C32CCOCC2)cc(C(=O)NCc2c(C)cc(C)[nH]c2=O)c1C)C1CCOC(C)(C)C1. The normalized spacial score (nSPS) is 19.7. The van der Waals surface area contributed by atoms with Crippen molar-refractivity contribution in [1.82, 2.24) is 10.3 Å². The predicted octanol–water partition coefficient (Wildman–Crippen LogP) is 6.48. The van der Waals surface area contributed by atoms with E-state index >= 15 is 0 Å². The van der Waals surface area contributed by atoms with E-state index in [4.69, 9.17) is 9.47 Å². The van der Waals surface area contributed by atoms with Crippen molar-refractivity contribution in [1.29, 1.82) is 0 Å². The fourth-order valence-electron chi connectivity index (χ4n) is 8.34. The van der Waals surface area contributed by atoms with Crippen molar-refractivity contribution in [3.05, 3.63) is 80.3 Å². The molecule has 0 radical (unpaired) electrons. The first-order valence-corrected chi connectivity index (χ1v) is 17.9. The highest BCUT2D eigenvalue weighted by molar-refractivity contribution is 6.09. The third-order valence-corrected chi connectivity index (χ3v) is 10.9. The summed E-state index contributed by atoms with van der Waals surface area (Å²) >= 11 is 0. The Morgan fingerprint density at radius 1 is 1.04 bits per heavy atom. The highest BCUT2D eigenvalue weighted by atomic mass is 16.5. The minimum Gasteiger partial charge on any atom is -0.381 e. The van der Waals surface area contributed by atoms with Gasteiger partial charge in [0.25, 0.3) is 11.5 Å². The molecule has 2 amide bonds. The van der Waals surface area contributed by atoms with Gasteiger partial charge in [-0.25, -0.2) is 0 Å². The molecule has 3 aliphatic rings. The molecule has 2 N–H and O–H groups in total. The van der Waals surface area contributed by atoms with Crippen LogP contribution in [-0.4, -0.2) is 60.8 Å². The van der Waals surface area contributed by atoms with Crippen LogP contribution in [0.25, 0.3) is 11.1 Å². The number of fused-ring (bicyclic) bond motifs is 2. The second kappa shape index (κ2) is 13.4. The zero-order valence-electron chi connectivity index (χ0n) is 30.4. The van der Waals surface area contributed by atoms with E-state index in [1.165, 1.54) is 0 Å². The summed E-state index contributed by atoms with van der Waals surface area (Å²) in [6.45, 7) is 19.1. The molecule has 1 aromatic heterocycles. The first-order chi connectivity index (χ1) is 23.3. The van der Waals surface area contributed by atoms with Gasteiger partial charge in [-0.2, -0.15) is 0 Å². The van der Waals surface area contributed by atoms with Gasteiger partial charge >= 0.3 is 0 Å². The van der Waals surface area contributed by atoms with Crippen molar-refractivity contribution in [2.24, 2.45) is 0 Å². The van der Waals surface area contributed by atoms with Gasteiger partial charge in [-0.15, -0.1) is 0 Å². The highest BCUT2D eigenvalue weighted by Gasteiger charge is 2.52. The minimum atomic E-state index is -0.555. The summed E-state index contributed by atoms with van der Waals surface area (Å²) < 4.78 is 11.8. The number of nitrogens with one attached hydrogen (secondary N) is 2. The van der Waals surface area contributed by atoms with Crippen LogP contribution in [0.4, 0.5) is 11.4 Å². The Morgan fingerprint density at radius 2 is 1.78 bits per heavy atom. The molecular formula is C40H52N4O5. The van der Waals surface area contributed by atoms with Crippen molar-refractivity contribution < 1.29 is 19.1 Å². The van der Waals surface area contributed by atoms with E-state index in [0.29, 0.717) is 43.8 Å². The number of benzene rings is 2. The van der Waals surface area contributed by atoms with E-state index in [2.05, 4.69) is 74.1 Å². The van der Waals surface area contributed by atoms with Crippen LogP contribution in [0.3, 0.4) is 0 Å². The molecule has 262 valence electrons. The Morgan fingerprint density at radius 3 is 2.43 bits per heavy atom. The van der Waals surface area contributed by atoms with Gasteiger partial charge in [0.15, 0.2) is 0 Å². The number of aromatic nitrogens is 1. The number of carbonyl (C=O) groups excluding carboxylic acids is 2. The number of hydrogen-bond acceptors (Lipinski definition) is 6. The molecule has 1 spiro atoms. The van der Waals surface area contributed by atoms with E-state index in [0.717, 1.165) is 64.3 Å². The summed E-state index contributed by atoms with van der Waals surface area (Å²) in [7, 11) is 0. The number of aromatic amines is 1. The molecule has 0 aliphatic carbocycles. The van der Waals surface area contributed by atoms with Gasteiger partial charge in [0.05, 0.1) is 11.0 Å². The first kappa shape index (κ1) is 34.9. The quantitative estimate of drug-likeness (QED) is 0.285. The monoisotopic (exact) mass is 668 g/mol. The van der Waals surface area contributed by atoms with Gasteiger partial charge in [0, 0.05) is 73.2 Å². The number of hydrogen-bond donors (Lipinski definition) is 2. The molecule has 2 aromatic carbocycles. The maximum Gasteiger partial charge on any atom is 0.253 e. The van der Waals surface area contributed by atoms with Crippen LogP contribution in [0.2, 0.25) is 0 Å². The van der Waals surface area contributed by atoms with Crippen LogP contribution in [0.1, 0.15) is 98.6 Å². The lowest BCUT2D eigenvalue weighted by atomic mass is 9.75. The van der Waals surface area contributed by atoms with Crippen LogP contribution >= 0.6 is 0 Å². The Labute approximate surface area is 290 Å². The molecule has 3 aliphatic heterocycles. The summed E-state index contributed by atoms with van der Waals surface area (Å²) in [5.41, 5.74) is 7.54. The van der Waals surface area contributed by atoms with Crippen LogP contribution in [0.15, 0.2) is 41.2 Å². The Kier molecular flexibility index (Phi) is 9.54. The van der Waals surface area contributed by atoms with E-state index in [-0.39, 0.29) is 41.6 Å². The largest absolute Gasteiger partial charge is 0.381 e. The lowest BCUT2D eigenvalue weighted by Crippen LogP contribution is -2.46. The molecule has 9 nitrogen and oxygen atoms in total. The van der Waals surface area contributed by atoms with Gasteiger partial charge in [0.2, 0.25) is 5.91 Å². The Hall–Kier alpha value is -3.95. The molecule has 2 saturated heterocycles. The fraction of sp³-hybridized carbons (Fsp3) is 0.525. The van der Waals surface area contributed by atoms with Crippen molar-refractivity contribution in [2.45, 2.75) is 111 Å². The van der Waals surface area contributed by atoms with E-state index < -0.39 is 5.41 Å². The Balaban J connectivity index is 1.45. The third-order valence-electron chi connectivity index (χ3n) is 10.9. The molecule has 6 rings (SSSR count). The lowest BCUT2D eigenvalue weighted by Gasteiger charge is -2.42. The maximum atomic E-state index is 14.1. The molecule has 0 bridgehead atoms. The number of carbonyl (C=O) groups is 2. The second-order valence-electron chi connectivity index (χ2n) is 15.0.